The van der Waals surface area contributed by atoms with Gasteiger partial charge in [0.25, 0.3) is 5.91 Å². The number of amides is 1. The van der Waals surface area contributed by atoms with Gasteiger partial charge >= 0.3 is 12.1 Å². The molecule has 9 heteroatoms. The fourth-order valence-corrected chi connectivity index (χ4v) is 4.72. The molecule has 4 aromatic rings. The van der Waals surface area contributed by atoms with Gasteiger partial charge in [-0.1, -0.05) is 71.7 Å². The van der Waals surface area contributed by atoms with Gasteiger partial charge in [0, 0.05) is 24.4 Å². The van der Waals surface area contributed by atoms with E-state index in [0.29, 0.717) is 21.2 Å². The number of alkyl halides is 3. The van der Waals surface area contributed by atoms with Gasteiger partial charge in [0.05, 0.1) is 16.5 Å². The summed E-state index contributed by atoms with van der Waals surface area (Å²) in [6, 6.07) is 23.2. The highest BCUT2D eigenvalue weighted by atomic mass is 35.5. The van der Waals surface area contributed by atoms with Crippen LogP contribution in [0.15, 0.2) is 78.9 Å². The van der Waals surface area contributed by atoms with Crippen molar-refractivity contribution in [1.29, 1.82) is 0 Å². The number of carbonyl (C=O) groups excluding carboxylic acids is 1. The summed E-state index contributed by atoms with van der Waals surface area (Å²) in [5.41, 5.74) is 3.50. The van der Waals surface area contributed by atoms with Crippen LogP contribution in [0.25, 0.3) is 21.9 Å². The van der Waals surface area contributed by atoms with E-state index in [4.69, 9.17) is 28.3 Å². The zero-order valence-electron chi connectivity index (χ0n) is 20.6. The largest absolute Gasteiger partial charge is 0.481 e. The Morgan fingerprint density at radius 2 is 1.41 bits per heavy atom. The van der Waals surface area contributed by atoms with Crippen molar-refractivity contribution in [1.82, 2.24) is 5.32 Å². The lowest BCUT2D eigenvalue weighted by molar-refractivity contribution is -0.137. The first-order chi connectivity index (χ1) is 18.5. The molecule has 0 heterocycles. The number of hydrogen-bond donors (Lipinski definition) is 2. The molecule has 0 aliphatic carbocycles. The topological polar surface area (TPSA) is 66.4 Å². The van der Waals surface area contributed by atoms with Crippen molar-refractivity contribution in [3.8, 4) is 11.1 Å². The third-order valence-electron chi connectivity index (χ3n) is 6.44. The number of carboxylic acids is 1. The molecular weight excluding hydrogens is 550 g/mol. The maximum absolute atomic E-state index is 13.2. The summed E-state index contributed by atoms with van der Waals surface area (Å²) >= 11 is 12.2. The van der Waals surface area contributed by atoms with E-state index in [1.165, 1.54) is 12.1 Å². The molecule has 4 aromatic carbocycles. The third kappa shape index (κ3) is 7.52. The van der Waals surface area contributed by atoms with Crippen LogP contribution >= 0.6 is 23.2 Å². The lowest BCUT2D eigenvalue weighted by Gasteiger charge is -2.20. The Hall–Kier alpha value is -3.55. The molecule has 0 spiro atoms. The fourth-order valence-electron chi connectivity index (χ4n) is 4.42. The molecule has 2 N–H and O–H groups in total. The number of halogens is 5. The first-order valence-electron chi connectivity index (χ1n) is 12.2. The Kier molecular flexibility index (Phi) is 8.83. The molecule has 1 unspecified atom stereocenters. The van der Waals surface area contributed by atoms with Crippen LogP contribution in [-0.4, -0.2) is 29.7 Å². The van der Waals surface area contributed by atoms with Gasteiger partial charge in [0.1, 0.15) is 0 Å². The minimum Gasteiger partial charge on any atom is -0.481 e. The summed E-state index contributed by atoms with van der Waals surface area (Å²) < 4.78 is 39.6. The van der Waals surface area contributed by atoms with Crippen LogP contribution < -0.4 is 5.32 Å². The van der Waals surface area contributed by atoms with Gasteiger partial charge in [-0.05, 0) is 69.8 Å². The van der Waals surface area contributed by atoms with Gasteiger partial charge < -0.3 is 10.4 Å². The van der Waals surface area contributed by atoms with E-state index < -0.39 is 30.4 Å². The highest BCUT2D eigenvalue weighted by molar-refractivity contribution is 6.42. The van der Waals surface area contributed by atoms with Crippen molar-refractivity contribution in [3.05, 3.63) is 106 Å². The standard InChI is InChI=1S/C30H24Cl2F3NO3/c31-26-10-9-23(17-27(26)32)21-5-6-22-16-24(8-7-20(22)15-21)25(11-13-30(33,34)35)18-1-3-19(4-2-18)29(39)36-14-12-28(37)38/h1-10,15-17,25H,11-14H2,(H,36,39)(H,37,38). The van der Waals surface area contributed by atoms with Crippen molar-refractivity contribution < 1.29 is 27.9 Å². The van der Waals surface area contributed by atoms with Crippen LogP contribution in [0.4, 0.5) is 13.2 Å². The maximum atomic E-state index is 13.2. The molecule has 1 atom stereocenters. The molecule has 0 fully saturated rings. The maximum Gasteiger partial charge on any atom is 0.389 e. The van der Waals surface area contributed by atoms with Crippen LogP contribution in [0.5, 0.6) is 0 Å². The lowest BCUT2D eigenvalue weighted by atomic mass is 9.85. The van der Waals surface area contributed by atoms with Crippen molar-refractivity contribution in [2.24, 2.45) is 0 Å². The molecular formula is C30H24Cl2F3NO3. The van der Waals surface area contributed by atoms with Gasteiger partial charge in [-0.15, -0.1) is 0 Å². The number of carbonyl (C=O) groups is 2. The number of benzene rings is 4. The monoisotopic (exact) mass is 573 g/mol. The predicted molar refractivity (Wildman–Crippen MR) is 148 cm³/mol. The van der Waals surface area contributed by atoms with E-state index in [0.717, 1.165) is 27.5 Å². The Balaban J connectivity index is 1.61. The van der Waals surface area contributed by atoms with Crippen molar-refractivity contribution in [3.63, 3.8) is 0 Å². The molecule has 0 aliphatic heterocycles. The molecule has 1 amide bonds. The molecule has 4 rings (SSSR count). The lowest BCUT2D eigenvalue weighted by Crippen LogP contribution is -2.25. The number of carboxylic acid groups (broad SMARTS) is 1. The molecule has 0 aliphatic rings. The van der Waals surface area contributed by atoms with Gasteiger partial charge in [-0.25, -0.2) is 0 Å². The Labute approximate surface area is 233 Å². The summed E-state index contributed by atoms with van der Waals surface area (Å²) in [5.74, 6) is -2.02. The molecule has 0 saturated carbocycles. The number of nitrogens with one attached hydrogen (secondary N) is 1. The van der Waals surface area contributed by atoms with Crippen LogP contribution in [0.1, 0.15) is 46.7 Å². The minimum absolute atomic E-state index is 0.0199. The molecule has 0 bridgehead atoms. The molecule has 0 radical (unpaired) electrons. The second-order valence-corrected chi connectivity index (χ2v) is 9.99. The van der Waals surface area contributed by atoms with Crippen LogP contribution in [-0.2, 0) is 4.79 Å². The highest BCUT2D eigenvalue weighted by Crippen LogP contribution is 2.36. The quantitative estimate of drug-likeness (QED) is 0.211. The number of aliphatic carboxylic acids is 1. The van der Waals surface area contributed by atoms with Gasteiger partial charge in [-0.2, -0.15) is 13.2 Å². The smallest absolute Gasteiger partial charge is 0.389 e. The summed E-state index contributed by atoms with van der Waals surface area (Å²) in [5, 5.41) is 13.9. The first-order valence-corrected chi connectivity index (χ1v) is 12.9. The second kappa shape index (κ2) is 12.1. The zero-order valence-corrected chi connectivity index (χ0v) is 22.1. The Bertz CT molecular complexity index is 1500. The summed E-state index contributed by atoms with van der Waals surface area (Å²) in [4.78, 5) is 22.9. The average Bonchev–Trinajstić information content (AvgIpc) is 2.89. The number of rotatable bonds is 9. The van der Waals surface area contributed by atoms with E-state index in [1.54, 1.807) is 24.3 Å². The first kappa shape index (κ1) is 28.5. The fraction of sp³-hybridized carbons (Fsp3) is 0.200. The Morgan fingerprint density at radius 1 is 0.795 bits per heavy atom. The minimum atomic E-state index is -4.31. The molecule has 202 valence electrons. The van der Waals surface area contributed by atoms with Crippen molar-refractivity contribution >= 4 is 45.9 Å². The SMILES string of the molecule is O=C(O)CCNC(=O)c1ccc(C(CCC(F)(F)F)c2ccc3cc(-c4ccc(Cl)c(Cl)c4)ccc3c2)cc1. The molecule has 0 aromatic heterocycles. The van der Waals surface area contributed by atoms with Crippen LogP contribution in [0, 0.1) is 0 Å². The van der Waals surface area contributed by atoms with Gasteiger partial charge in [0.15, 0.2) is 0 Å². The van der Waals surface area contributed by atoms with Gasteiger partial charge in [0.2, 0.25) is 0 Å². The van der Waals surface area contributed by atoms with Crippen LogP contribution in [0.3, 0.4) is 0 Å². The van der Waals surface area contributed by atoms with E-state index in [1.807, 2.05) is 42.5 Å². The van der Waals surface area contributed by atoms with E-state index >= 15 is 0 Å². The summed E-state index contributed by atoms with van der Waals surface area (Å²) in [6.07, 6.45) is -5.63. The van der Waals surface area contributed by atoms with Crippen molar-refractivity contribution in [2.75, 3.05) is 6.54 Å². The molecule has 39 heavy (non-hydrogen) atoms. The molecule has 4 nitrogen and oxygen atoms in total. The van der Waals surface area contributed by atoms with Crippen LogP contribution in [0.2, 0.25) is 10.0 Å². The average molecular weight is 574 g/mol. The number of hydrogen-bond acceptors (Lipinski definition) is 2. The number of fused-ring (bicyclic) bond motifs is 1. The van der Waals surface area contributed by atoms with Crippen molar-refractivity contribution in [2.45, 2.75) is 31.4 Å². The second-order valence-electron chi connectivity index (χ2n) is 9.18. The normalized spacial score (nSPS) is 12.3. The molecule has 0 saturated heterocycles. The van der Waals surface area contributed by atoms with E-state index in [-0.39, 0.29) is 19.4 Å². The summed E-state index contributed by atoms with van der Waals surface area (Å²) in [6.45, 7) is -0.0199. The van der Waals surface area contributed by atoms with E-state index in [9.17, 15) is 22.8 Å². The van der Waals surface area contributed by atoms with E-state index in [2.05, 4.69) is 5.32 Å². The zero-order chi connectivity index (χ0) is 28.2. The third-order valence-corrected chi connectivity index (χ3v) is 7.17. The predicted octanol–water partition coefficient (Wildman–Crippen LogP) is 8.49. The summed E-state index contributed by atoms with van der Waals surface area (Å²) in [7, 11) is 0. The van der Waals surface area contributed by atoms with Gasteiger partial charge in [-0.3, -0.25) is 9.59 Å². The Morgan fingerprint density at radius 3 is 2.08 bits per heavy atom. The highest BCUT2D eigenvalue weighted by Gasteiger charge is 2.29.